The predicted octanol–water partition coefficient (Wildman–Crippen LogP) is 4.49. The molecular weight excluding hydrogens is 287 g/mol. The second-order valence-electron chi connectivity index (χ2n) is 4.10. The Morgan fingerprint density at radius 3 is 2.83 bits per heavy atom. The second kappa shape index (κ2) is 4.92. The van der Waals surface area contributed by atoms with Crippen molar-refractivity contribution in [3.63, 3.8) is 0 Å². The smallest absolute Gasteiger partial charge is 0.0799 e. The molecule has 1 aromatic heterocycles. The number of nitrogens with zero attached hydrogens (tertiary/aromatic N) is 1. The van der Waals surface area contributed by atoms with Gasteiger partial charge >= 0.3 is 0 Å². The summed E-state index contributed by atoms with van der Waals surface area (Å²) in [6.07, 6.45) is 0.873. The summed E-state index contributed by atoms with van der Waals surface area (Å²) in [7, 11) is 0. The Labute approximate surface area is 119 Å². The molecule has 0 saturated carbocycles. The van der Waals surface area contributed by atoms with E-state index in [0.717, 1.165) is 17.7 Å². The highest BCUT2D eigenvalue weighted by Crippen LogP contribution is 2.30. The third kappa shape index (κ3) is 2.26. The molecule has 1 unspecified atom stereocenters. The van der Waals surface area contributed by atoms with Crippen LogP contribution in [-0.2, 0) is 0 Å². The third-order valence-electron chi connectivity index (χ3n) is 2.90. The summed E-state index contributed by atoms with van der Waals surface area (Å²) in [6, 6.07) is 10.0. The van der Waals surface area contributed by atoms with E-state index in [-0.39, 0.29) is 6.04 Å². The molecule has 0 radical (unpaired) electrons. The lowest BCUT2D eigenvalue weighted by molar-refractivity contribution is 0.620. The van der Waals surface area contributed by atoms with Crippen molar-refractivity contribution in [2.75, 3.05) is 0 Å². The highest BCUT2D eigenvalue weighted by Gasteiger charge is 2.22. The van der Waals surface area contributed by atoms with E-state index in [1.54, 1.807) is 11.3 Å². The van der Waals surface area contributed by atoms with Gasteiger partial charge in [-0.15, -0.1) is 11.3 Å². The second-order valence-corrected chi connectivity index (χ2v) is 5.86. The fraction of sp³-hybridized carbons (Fsp3) is 0.154. The summed E-state index contributed by atoms with van der Waals surface area (Å²) < 4.78 is 0. The Morgan fingerprint density at radius 2 is 2.11 bits per heavy atom. The maximum absolute atomic E-state index is 6.03. The van der Waals surface area contributed by atoms with Crippen LogP contribution in [0.25, 0.3) is 0 Å². The number of hydrogen-bond donors (Lipinski definition) is 1. The Bertz CT molecular complexity index is 593. The number of halogens is 2. The van der Waals surface area contributed by atoms with Gasteiger partial charge in [-0.25, -0.2) is 0 Å². The topological polar surface area (TPSA) is 24.4 Å². The van der Waals surface area contributed by atoms with Gasteiger partial charge in [0.05, 0.1) is 26.7 Å². The first-order chi connectivity index (χ1) is 8.74. The van der Waals surface area contributed by atoms with Crippen LogP contribution in [0, 0.1) is 0 Å². The van der Waals surface area contributed by atoms with Crippen LogP contribution in [0.4, 0.5) is 0 Å². The van der Waals surface area contributed by atoms with E-state index in [4.69, 9.17) is 23.2 Å². The fourth-order valence-corrected chi connectivity index (χ4v) is 2.99. The minimum absolute atomic E-state index is 0.178. The Balaban J connectivity index is 1.79. The van der Waals surface area contributed by atoms with E-state index in [0.29, 0.717) is 10.0 Å². The van der Waals surface area contributed by atoms with Gasteiger partial charge in [-0.05, 0) is 29.1 Å². The molecule has 1 N–H and O–H groups in total. The molecule has 0 bridgehead atoms. The van der Waals surface area contributed by atoms with E-state index < -0.39 is 0 Å². The number of hydrazone groups is 1. The zero-order valence-corrected chi connectivity index (χ0v) is 11.7. The molecular formula is C13H10Cl2N2S. The van der Waals surface area contributed by atoms with E-state index >= 15 is 0 Å². The standard InChI is InChI=1S/C13H10Cl2N2S/c14-9-4-3-8(6-10(9)15)11-7-12(17-16-11)13-2-1-5-18-13/h1-6,11,16H,7H2. The lowest BCUT2D eigenvalue weighted by atomic mass is 10.0. The quantitative estimate of drug-likeness (QED) is 0.867. The molecule has 18 heavy (non-hydrogen) atoms. The summed E-state index contributed by atoms with van der Waals surface area (Å²) in [5.74, 6) is 0. The summed E-state index contributed by atoms with van der Waals surface area (Å²) >= 11 is 13.7. The molecule has 0 spiro atoms. The fourth-order valence-electron chi connectivity index (χ4n) is 1.96. The molecule has 92 valence electrons. The van der Waals surface area contributed by atoms with Gasteiger partial charge in [0, 0.05) is 6.42 Å². The average molecular weight is 297 g/mol. The SMILES string of the molecule is Clc1ccc(C2CC(c3cccs3)=NN2)cc1Cl. The van der Waals surface area contributed by atoms with Crippen LogP contribution in [0.1, 0.15) is 22.9 Å². The van der Waals surface area contributed by atoms with Crippen LogP contribution in [0.2, 0.25) is 10.0 Å². The van der Waals surface area contributed by atoms with Gasteiger partial charge in [-0.1, -0.05) is 35.3 Å². The van der Waals surface area contributed by atoms with Gasteiger partial charge in [0.1, 0.15) is 0 Å². The van der Waals surface area contributed by atoms with Gasteiger partial charge in [0.25, 0.3) is 0 Å². The van der Waals surface area contributed by atoms with Crippen molar-refractivity contribution in [1.82, 2.24) is 5.43 Å². The Kier molecular flexibility index (Phi) is 3.29. The molecule has 5 heteroatoms. The predicted molar refractivity (Wildman–Crippen MR) is 77.8 cm³/mol. The van der Waals surface area contributed by atoms with Crippen LogP contribution in [0.3, 0.4) is 0 Å². The molecule has 2 heterocycles. The van der Waals surface area contributed by atoms with E-state index in [9.17, 15) is 0 Å². The minimum atomic E-state index is 0.178. The molecule has 1 aromatic carbocycles. The summed E-state index contributed by atoms with van der Waals surface area (Å²) in [5, 5.41) is 7.61. The van der Waals surface area contributed by atoms with Gasteiger partial charge in [-0.3, -0.25) is 0 Å². The van der Waals surface area contributed by atoms with Gasteiger partial charge in [0.15, 0.2) is 0 Å². The first-order valence-corrected chi connectivity index (χ1v) is 7.18. The van der Waals surface area contributed by atoms with Gasteiger partial charge in [-0.2, -0.15) is 5.10 Å². The minimum Gasteiger partial charge on any atom is -0.302 e. The summed E-state index contributed by atoms with van der Waals surface area (Å²) in [4.78, 5) is 1.21. The average Bonchev–Trinajstić information content (AvgIpc) is 3.01. The Morgan fingerprint density at radius 1 is 1.22 bits per heavy atom. The van der Waals surface area contributed by atoms with Crippen molar-refractivity contribution in [1.29, 1.82) is 0 Å². The molecule has 2 aromatic rings. The lowest BCUT2D eigenvalue weighted by Crippen LogP contribution is -2.09. The zero-order chi connectivity index (χ0) is 12.5. The number of nitrogens with one attached hydrogen (secondary N) is 1. The molecule has 0 saturated heterocycles. The van der Waals surface area contributed by atoms with Gasteiger partial charge in [0.2, 0.25) is 0 Å². The van der Waals surface area contributed by atoms with Crippen LogP contribution in [0.15, 0.2) is 40.8 Å². The Hall–Kier alpha value is -1.03. The molecule has 0 fully saturated rings. The van der Waals surface area contributed by atoms with E-state index in [2.05, 4.69) is 22.0 Å². The molecule has 1 aliphatic heterocycles. The van der Waals surface area contributed by atoms with Crippen LogP contribution in [0.5, 0.6) is 0 Å². The highest BCUT2D eigenvalue weighted by atomic mass is 35.5. The number of hydrogen-bond acceptors (Lipinski definition) is 3. The van der Waals surface area contributed by atoms with E-state index in [1.807, 2.05) is 24.3 Å². The van der Waals surface area contributed by atoms with Crippen molar-refractivity contribution in [3.05, 3.63) is 56.2 Å². The molecule has 0 aliphatic carbocycles. The van der Waals surface area contributed by atoms with Crippen molar-refractivity contribution in [2.24, 2.45) is 5.10 Å². The lowest BCUT2D eigenvalue weighted by Gasteiger charge is -2.10. The van der Waals surface area contributed by atoms with Crippen molar-refractivity contribution in [3.8, 4) is 0 Å². The van der Waals surface area contributed by atoms with Gasteiger partial charge < -0.3 is 5.43 Å². The molecule has 1 atom stereocenters. The van der Waals surface area contributed by atoms with E-state index in [1.165, 1.54) is 4.88 Å². The number of rotatable bonds is 2. The third-order valence-corrected chi connectivity index (χ3v) is 4.56. The van der Waals surface area contributed by atoms with Crippen LogP contribution >= 0.6 is 34.5 Å². The van der Waals surface area contributed by atoms with Crippen LogP contribution in [-0.4, -0.2) is 5.71 Å². The largest absolute Gasteiger partial charge is 0.302 e. The molecule has 0 amide bonds. The van der Waals surface area contributed by atoms with Crippen molar-refractivity contribution < 1.29 is 0 Å². The summed E-state index contributed by atoms with van der Waals surface area (Å²) in [5.41, 5.74) is 5.36. The summed E-state index contributed by atoms with van der Waals surface area (Å²) in [6.45, 7) is 0. The molecule has 3 rings (SSSR count). The first-order valence-electron chi connectivity index (χ1n) is 5.55. The first kappa shape index (κ1) is 12.0. The van der Waals surface area contributed by atoms with Crippen molar-refractivity contribution >= 4 is 40.3 Å². The monoisotopic (exact) mass is 296 g/mol. The van der Waals surface area contributed by atoms with Crippen LogP contribution < -0.4 is 5.43 Å². The zero-order valence-electron chi connectivity index (χ0n) is 9.36. The number of benzene rings is 1. The molecule has 2 nitrogen and oxygen atoms in total. The maximum Gasteiger partial charge on any atom is 0.0799 e. The normalized spacial score (nSPS) is 18.6. The van der Waals surface area contributed by atoms with Crippen molar-refractivity contribution in [2.45, 2.75) is 12.5 Å². The highest BCUT2D eigenvalue weighted by molar-refractivity contribution is 7.12. The molecule has 1 aliphatic rings. The maximum atomic E-state index is 6.03. The number of thiophene rings is 1.